The Morgan fingerprint density at radius 3 is 2.04 bits per heavy atom. The lowest BCUT2D eigenvalue weighted by Crippen LogP contribution is -2.11. The summed E-state index contributed by atoms with van der Waals surface area (Å²) in [4.78, 5) is 4.22. The molecule has 0 aliphatic heterocycles. The van der Waals surface area contributed by atoms with Gasteiger partial charge in [-0.1, -0.05) is 65.8 Å². The molecule has 1 N–H and O–H groups in total. The first-order valence-electron chi connectivity index (χ1n) is 8.02. The van der Waals surface area contributed by atoms with E-state index in [-0.39, 0.29) is 5.92 Å². The van der Waals surface area contributed by atoms with E-state index in [1.54, 1.807) is 6.20 Å². The molecule has 3 heteroatoms. The summed E-state index contributed by atoms with van der Waals surface area (Å²) in [6.45, 7) is 1.93. The summed E-state index contributed by atoms with van der Waals surface area (Å²) in [7, 11) is 0. The molecule has 0 spiro atoms. The van der Waals surface area contributed by atoms with Crippen LogP contribution >= 0.6 is 0 Å². The average Bonchev–Trinajstić information content (AvgIpc) is 2.64. The van der Waals surface area contributed by atoms with E-state index in [4.69, 9.17) is 0 Å². The second kappa shape index (κ2) is 7.55. The van der Waals surface area contributed by atoms with Gasteiger partial charge in [0.2, 0.25) is 0 Å². The molecule has 0 fully saturated rings. The molecule has 0 saturated heterocycles. The molecule has 1 aromatic heterocycles. The van der Waals surface area contributed by atoms with Gasteiger partial charge in [0.15, 0.2) is 0 Å². The van der Waals surface area contributed by atoms with Crippen molar-refractivity contribution in [1.82, 2.24) is 4.98 Å². The van der Waals surface area contributed by atoms with E-state index in [0.29, 0.717) is 12.1 Å². The molecule has 120 valence electrons. The van der Waals surface area contributed by atoms with Gasteiger partial charge in [-0.2, -0.15) is 0 Å². The van der Waals surface area contributed by atoms with Crippen LogP contribution in [-0.4, -0.2) is 15.9 Å². The van der Waals surface area contributed by atoms with E-state index in [1.165, 1.54) is 11.1 Å². The second-order valence-corrected chi connectivity index (χ2v) is 5.81. The van der Waals surface area contributed by atoms with Crippen LogP contribution in [-0.2, 0) is 0 Å². The van der Waals surface area contributed by atoms with Crippen molar-refractivity contribution >= 4 is 5.71 Å². The Morgan fingerprint density at radius 1 is 0.958 bits per heavy atom. The van der Waals surface area contributed by atoms with Gasteiger partial charge < -0.3 is 5.21 Å². The predicted octanol–water partition coefficient (Wildman–Crippen LogP) is 4.79. The zero-order valence-corrected chi connectivity index (χ0v) is 13.6. The molecule has 0 radical (unpaired) electrons. The number of benzene rings is 2. The number of hydrogen-bond acceptors (Lipinski definition) is 3. The van der Waals surface area contributed by atoms with E-state index in [0.717, 1.165) is 11.3 Å². The Kier molecular flexibility index (Phi) is 5.02. The van der Waals surface area contributed by atoms with Gasteiger partial charge >= 0.3 is 0 Å². The number of rotatable bonds is 5. The first kappa shape index (κ1) is 15.9. The largest absolute Gasteiger partial charge is 0.411 e. The Hall–Kier alpha value is -2.94. The average molecular weight is 316 g/mol. The quantitative estimate of drug-likeness (QED) is 0.418. The van der Waals surface area contributed by atoms with Crippen molar-refractivity contribution in [2.75, 3.05) is 0 Å². The fourth-order valence-electron chi connectivity index (χ4n) is 2.93. The highest BCUT2D eigenvalue weighted by Crippen LogP contribution is 2.29. The van der Waals surface area contributed by atoms with Crippen LogP contribution in [0.15, 0.2) is 84.1 Å². The zero-order valence-electron chi connectivity index (χ0n) is 13.6. The first-order chi connectivity index (χ1) is 11.8. The van der Waals surface area contributed by atoms with Crippen LogP contribution in [0.5, 0.6) is 0 Å². The normalized spacial score (nSPS) is 11.7. The Bertz CT molecular complexity index is 774. The molecule has 0 aliphatic rings. The van der Waals surface area contributed by atoms with Crippen LogP contribution in [0.1, 0.15) is 34.7 Å². The minimum Gasteiger partial charge on any atom is -0.411 e. The van der Waals surface area contributed by atoms with E-state index in [9.17, 15) is 5.21 Å². The van der Waals surface area contributed by atoms with Crippen molar-refractivity contribution in [3.05, 3.63) is 101 Å². The van der Waals surface area contributed by atoms with Crippen LogP contribution < -0.4 is 0 Å². The third-order valence-electron chi connectivity index (χ3n) is 4.15. The second-order valence-electron chi connectivity index (χ2n) is 5.81. The van der Waals surface area contributed by atoms with E-state index < -0.39 is 0 Å². The number of nitrogens with zero attached hydrogens (tertiary/aromatic N) is 2. The smallest absolute Gasteiger partial charge is 0.0878 e. The lowest BCUT2D eigenvalue weighted by molar-refractivity contribution is 0.317. The van der Waals surface area contributed by atoms with Crippen molar-refractivity contribution in [3.63, 3.8) is 0 Å². The fourth-order valence-corrected chi connectivity index (χ4v) is 2.93. The van der Waals surface area contributed by atoms with E-state index in [2.05, 4.69) is 34.4 Å². The number of hydrogen-bond donors (Lipinski definition) is 1. The number of oxime groups is 1. The van der Waals surface area contributed by atoms with Crippen LogP contribution in [0, 0.1) is 6.92 Å². The van der Waals surface area contributed by atoms with Gasteiger partial charge in [0.1, 0.15) is 0 Å². The van der Waals surface area contributed by atoms with Gasteiger partial charge in [-0.15, -0.1) is 0 Å². The lowest BCUT2D eigenvalue weighted by Gasteiger charge is -2.19. The third kappa shape index (κ3) is 3.69. The summed E-state index contributed by atoms with van der Waals surface area (Å²) < 4.78 is 0. The van der Waals surface area contributed by atoms with Crippen molar-refractivity contribution in [2.24, 2.45) is 5.16 Å². The van der Waals surface area contributed by atoms with E-state index >= 15 is 0 Å². The summed E-state index contributed by atoms with van der Waals surface area (Å²) in [6.07, 6.45) is 2.36. The van der Waals surface area contributed by atoms with Crippen molar-refractivity contribution in [3.8, 4) is 0 Å². The van der Waals surface area contributed by atoms with Crippen LogP contribution in [0.2, 0.25) is 0 Å². The van der Waals surface area contributed by atoms with Gasteiger partial charge in [-0.25, -0.2) is 0 Å². The minimum atomic E-state index is 0.131. The Balaban J connectivity index is 1.97. The highest BCUT2D eigenvalue weighted by molar-refractivity contribution is 6.00. The summed E-state index contributed by atoms with van der Waals surface area (Å²) >= 11 is 0. The van der Waals surface area contributed by atoms with Gasteiger partial charge in [0.05, 0.1) is 5.71 Å². The highest BCUT2D eigenvalue weighted by Gasteiger charge is 2.18. The topological polar surface area (TPSA) is 45.5 Å². The number of aromatic nitrogens is 1. The Morgan fingerprint density at radius 2 is 1.54 bits per heavy atom. The SMILES string of the molecule is Cc1cc(/C(CC(c2ccccc2)c2ccccc2)=N\O)ccn1. The molecule has 0 bridgehead atoms. The number of pyridine rings is 1. The minimum absolute atomic E-state index is 0.131. The summed E-state index contributed by atoms with van der Waals surface area (Å²) in [5.74, 6) is 0.131. The highest BCUT2D eigenvalue weighted by atomic mass is 16.4. The molecule has 0 unspecified atom stereocenters. The molecule has 3 nitrogen and oxygen atoms in total. The van der Waals surface area contributed by atoms with Crippen molar-refractivity contribution in [1.29, 1.82) is 0 Å². The molecule has 1 heterocycles. The fraction of sp³-hybridized carbons (Fsp3) is 0.143. The molecule has 3 aromatic rings. The van der Waals surface area contributed by atoms with Gasteiger partial charge in [-0.3, -0.25) is 4.98 Å². The maximum absolute atomic E-state index is 9.58. The summed E-state index contributed by atoms with van der Waals surface area (Å²) in [6, 6.07) is 24.5. The van der Waals surface area contributed by atoms with Crippen molar-refractivity contribution in [2.45, 2.75) is 19.3 Å². The molecule has 0 aliphatic carbocycles. The standard InChI is InChI=1S/C21H20N2O/c1-16-14-19(12-13-22-16)21(23-24)15-20(17-8-4-2-5-9-17)18-10-6-3-7-11-18/h2-14,20,24H,15H2,1H3/b23-21-. The van der Waals surface area contributed by atoms with Gasteiger partial charge in [0, 0.05) is 29.8 Å². The lowest BCUT2D eigenvalue weighted by atomic mass is 9.85. The number of aryl methyl sites for hydroxylation is 1. The summed E-state index contributed by atoms with van der Waals surface area (Å²) in [5, 5.41) is 13.2. The van der Waals surface area contributed by atoms with E-state index in [1.807, 2.05) is 55.5 Å². The van der Waals surface area contributed by atoms with Gasteiger partial charge in [-0.05, 0) is 30.2 Å². The predicted molar refractivity (Wildman–Crippen MR) is 96.6 cm³/mol. The molecule has 2 aromatic carbocycles. The van der Waals surface area contributed by atoms with Crippen molar-refractivity contribution < 1.29 is 5.21 Å². The molecule has 24 heavy (non-hydrogen) atoms. The molecule has 0 atom stereocenters. The Labute approximate surface area is 142 Å². The zero-order chi connectivity index (χ0) is 16.8. The van der Waals surface area contributed by atoms with Crippen LogP contribution in [0.25, 0.3) is 0 Å². The summed E-state index contributed by atoms with van der Waals surface area (Å²) in [5.41, 5.74) is 4.89. The maximum Gasteiger partial charge on any atom is 0.0878 e. The van der Waals surface area contributed by atoms with Gasteiger partial charge in [0.25, 0.3) is 0 Å². The molecular weight excluding hydrogens is 296 g/mol. The molecule has 0 amide bonds. The molecule has 0 saturated carbocycles. The first-order valence-corrected chi connectivity index (χ1v) is 8.02. The third-order valence-corrected chi connectivity index (χ3v) is 4.15. The molecular formula is C21H20N2O. The monoisotopic (exact) mass is 316 g/mol. The molecule has 3 rings (SSSR count). The maximum atomic E-state index is 9.58. The van der Waals surface area contributed by atoms with Crippen LogP contribution in [0.3, 0.4) is 0 Å². The van der Waals surface area contributed by atoms with Crippen LogP contribution in [0.4, 0.5) is 0 Å².